The molecule has 8 heteroatoms. The number of nitrogens with zero attached hydrogens (tertiary/aromatic N) is 3. The molecule has 3 aromatic rings. The molecule has 8 nitrogen and oxygen atoms in total. The number of hydrazone groups is 1. The van der Waals surface area contributed by atoms with Gasteiger partial charge in [-0.25, -0.2) is 5.43 Å². The lowest BCUT2D eigenvalue weighted by Crippen LogP contribution is -2.17. The third-order valence-corrected chi connectivity index (χ3v) is 4.68. The van der Waals surface area contributed by atoms with E-state index in [1.807, 2.05) is 24.3 Å². The second-order valence-corrected chi connectivity index (χ2v) is 6.57. The fourth-order valence-corrected chi connectivity index (χ4v) is 3.22. The molecular weight excluding hydrogens is 360 g/mol. The Labute approximate surface area is 160 Å². The van der Waals surface area contributed by atoms with Gasteiger partial charge in [-0.3, -0.25) is 14.9 Å². The van der Waals surface area contributed by atoms with Gasteiger partial charge in [-0.1, -0.05) is 12.1 Å². The van der Waals surface area contributed by atoms with Gasteiger partial charge in [0, 0.05) is 36.3 Å². The monoisotopic (exact) mass is 378 g/mol. The van der Waals surface area contributed by atoms with Gasteiger partial charge in [0.05, 0.1) is 11.1 Å². The van der Waals surface area contributed by atoms with Crippen molar-refractivity contribution >= 4 is 34.5 Å². The molecule has 0 bridgehead atoms. The fraction of sp³-hybridized carbons (Fsp3) is 0.200. The van der Waals surface area contributed by atoms with Crippen LogP contribution in [0.2, 0.25) is 0 Å². The number of nitro benzene ring substituents is 1. The first-order chi connectivity index (χ1) is 13.6. The van der Waals surface area contributed by atoms with E-state index in [-0.39, 0.29) is 11.4 Å². The van der Waals surface area contributed by atoms with E-state index in [2.05, 4.69) is 15.4 Å². The maximum absolute atomic E-state index is 12.2. The van der Waals surface area contributed by atoms with Crippen LogP contribution in [0.25, 0.3) is 11.0 Å². The zero-order chi connectivity index (χ0) is 19.5. The minimum atomic E-state index is -0.524. The molecule has 2 aromatic carbocycles. The van der Waals surface area contributed by atoms with Crippen LogP contribution in [0.1, 0.15) is 29.0 Å². The van der Waals surface area contributed by atoms with Gasteiger partial charge in [0.1, 0.15) is 5.58 Å². The smallest absolute Gasteiger partial charge is 0.307 e. The Hall–Kier alpha value is -3.68. The van der Waals surface area contributed by atoms with E-state index in [0.717, 1.165) is 18.7 Å². The number of amides is 1. The highest BCUT2D eigenvalue weighted by molar-refractivity contribution is 5.97. The van der Waals surface area contributed by atoms with Crippen molar-refractivity contribution in [3.05, 3.63) is 70.0 Å². The van der Waals surface area contributed by atoms with Crippen LogP contribution in [-0.4, -0.2) is 30.1 Å². The third-order valence-electron chi connectivity index (χ3n) is 4.68. The van der Waals surface area contributed by atoms with Crippen LogP contribution in [0.3, 0.4) is 0 Å². The van der Waals surface area contributed by atoms with E-state index in [0.29, 0.717) is 11.0 Å². The molecule has 0 saturated carbocycles. The van der Waals surface area contributed by atoms with Crippen molar-refractivity contribution in [2.24, 2.45) is 5.10 Å². The van der Waals surface area contributed by atoms with E-state index in [4.69, 9.17) is 4.42 Å². The summed E-state index contributed by atoms with van der Waals surface area (Å²) in [5, 5.41) is 15.3. The van der Waals surface area contributed by atoms with Crippen molar-refractivity contribution in [1.29, 1.82) is 0 Å². The molecule has 1 aliphatic rings. The Morgan fingerprint density at radius 2 is 1.89 bits per heavy atom. The normalized spacial score (nSPS) is 14.1. The Bertz CT molecular complexity index is 1050. The summed E-state index contributed by atoms with van der Waals surface area (Å²) in [6.07, 6.45) is 4.01. The zero-order valence-electron chi connectivity index (χ0n) is 15.0. The number of carbonyl (C=O) groups is 1. The molecule has 0 spiro atoms. The summed E-state index contributed by atoms with van der Waals surface area (Å²) in [7, 11) is 0. The number of anilines is 1. The molecule has 1 N–H and O–H groups in total. The maximum atomic E-state index is 12.2. The molecule has 4 rings (SSSR count). The van der Waals surface area contributed by atoms with Crippen molar-refractivity contribution in [2.75, 3.05) is 18.0 Å². The van der Waals surface area contributed by atoms with Crippen molar-refractivity contribution in [2.45, 2.75) is 12.8 Å². The van der Waals surface area contributed by atoms with Gasteiger partial charge in [0.2, 0.25) is 0 Å². The van der Waals surface area contributed by atoms with Gasteiger partial charge >= 0.3 is 5.91 Å². The van der Waals surface area contributed by atoms with Gasteiger partial charge < -0.3 is 9.32 Å². The summed E-state index contributed by atoms with van der Waals surface area (Å²) in [4.78, 5) is 24.9. The predicted octanol–water partition coefficient (Wildman–Crippen LogP) is 3.71. The number of benzene rings is 2. The molecule has 1 aromatic heterocycles. The van der Waals surface area contributed by atoms with Crippen molar-refractivity contribution in [3.63, 3.8) is 0 Å². The highest BCUT2D eigenvalue weighted by Gasteiger charge is 2.15. The average Bonchev–Trinajstić information content (AvgIpc) is 3.37. The number of nitro groups is 1. The van der Waals surface area contributed by atoms with Gasteiger partial charge in [0.25, 0.3) is 5.69 Å². The van der Waals surface area contributed by atoms with E-state index in [1.165, 1.54) is 42.8 Å². The molecular formula is C20H18N4O4. The summed E-state index contributed by atoms with van der Waals surface area (Å²) in [6, 6.07) is 13.6. The van der Waals surface area contributed by atoms with Gasteiger partial charge in [-0.05, 0) is 42.7 Å². The average molecular weight is 378 g/mol. The molecule has 142 valence electrons. The molecule has 2 heterocycles. The molecule has 1 aliphatic heterocycles. The molecule has 0 atom stereocenters. The van der Waals surface area contributed by atoms with Crippen LogP contribution in [0.15, 0.2) is 58.0 Å². The molecule has 1 amide bonds. The highest BCUT2D eigenvalue weighted by Crippen LogP contribution is 2.24. The SMILES string of the molecule is O=C(N/N=C/c1ccc(N2CCCC2)cc1)c1cc2cc([N+](=O)[O-])ccc2o1. The maximum Gasteiger partial charge on any atom is 0.307 e. The standard InChI is InChI=1S/C20H18N4O4/c25-20(19-12-15-11-17(24(26)27)7-8-18(15)28-19)22-21-13-14-3-5-16(6-4-14)23-9-1-2-10-23/h3-8,11-13H,1-2,9-10H2,(H,22,25)/b21-13+. The number of fused-ring (bicyclic) bond motifs is 1. The van der Waals surface area contributed by atoms with Crippen LogP contribution in [-0.2, 0) is 0 Å². The third kappa shape index (κ3) is 3.71. The molecule has 0 aliphatic carbocycles. The number of hydrogen-bond acceptors (Lipinski definition) is 6. The van der Waals surface area contributed by atoms with Crippen molar-refractivity contribution in [3.8, 4) is 0 Å². The van der Waals surface area contributed by atoms with Crippen molar-refractivity contribution in [1.82, 2.24) is 5.43 Å². The topological polar surface area (TPSA) is 101 Å². The first-order valence-electron chi connectivity index (χ1n) is 8.96. The van der Waals surface area contributed by atoms with Crippen LogP contribution in [0.5, 0.6) is 0 Å². The van der Waals surface area contributed by atoms with E-state index in [1.54, 1.807) is 6.21 Å². The Kier molecular flexibility index (Phi) is 4.76. The van der Waals surface area contributed by atoms with Crippen LogP contribution in [0, 0.1) is 10.1 Å². The van der Waals surface area contributed by atoms with E-state index < -0.39 is 10.8 Å². The fourth-order valence-electron chi connectivity index (χ4n) is 3.22. The molecule has 1 saturated heterocycles. The molecule has 1 fully saturated rings. The summed E-state index contributed by atoms with van der Waals surface area (Å²) >= 11 is 0. The summed E-state index contributed by atoms with van der Waals surface area (Å²) in [6.45, 7) is 2.17. The largest absolute Gasteiger partial charge is 0.451 e. The number of furan rings is 1. The van der Waals surface area contributed by atoms with Gasteiger partial charge in [-0.15, -0.1) is 0 Å². The minimum absolute atomic E-state index is 0.0389. The lowest BCUT2D eigenvalue weighted by molar-refractivity contribution is -0.384. The molecule has 28 heavy (non-hydrogen) atoms. The van der Waals surface area contributed by atoms with Crippen LogP contribution < -0.4 is 10.3 Å². The first kappa shape index (κ1) is 17.7. The Morgan fingerprint density at radius 1 is 1.14 bits per heavy atom. The van der Waals surface area contributed by atoms with E-state index in [9.17, 15) is 14.9 Å². The van der Waals surface area contributed by atoms with Gasteiger partial charge in [0.15, 0.2) is 5.76 Å². The zero-order valence-corrected chi connectivity index (χ0v) is 15.0. The minimum Gasteiger partial charge on any atom is -0.451 e. The molecule has 0 unspecified atom stereocenters. The Morgan fingerprint density at radius 3 is 2.61 bits per heavy atom. The number of hydrogen-bond donors (Lipinski definition) is 1. The van der Waals surface area contributed by atoms with Crippen LogP contribution >= 0.6 is 0 Å². The summed E-state index contributed by atoms with van der Waals surface area (Å²) in [5.41, 5.74) is 4.80. The predicted molar refractivity (Wildman–Crippen MR) is 106 cm³/mol. The highest BCUT2D eigenvalue weighted by atomic mass is 16.6. The first-order valence-corrected chi connectivity index (χ1v) is 8.96. The second-order valence-electron chi connectivity index (χ2n) is 6.57. The second kappa shape index (κ2) is 7.51. The number of nitrogens with one attached hydrogen (secondary N) is 1. The number of carbonyl (C=O) groups excluding carboxylic acids is 1. The quantitative estimate of drug-likeness (QED) is 0.414. The van der Waals surface area contributed by atoms with Gasteiger partial charge in [-0.2, -0.15) is 5.10 Å². The summed E-state index contributed by atoms with van der Waals surface area (Å²) < 4.78 is 5.43. The molecule has 0 radical (unpaired) electrons. The Balaban J connectivity index is 1.40. The van der Waals surface area contributed by atoms with E-state index >= 15 is 0 Å². The summed E-state index contributed by atoms with van der Waals surface area (Å²) in [5.74, 6) is -0.485. The number of non-ortho nitro benzene ring substituents is 1. The van der Waals surface area contributed by atoms with Crippen molar-refractivity contribution < 1.29 is 14.1 Å². The lowest BCUT2D eigenvalue weighted by Gasteiger charge is -2.17. The number of rotatable bonds is 5. The van der Waals surface area contributed by atoms with Crippen LogP contribution in [0.4, 0.5) is 11.4 Å². The lowest BCUT2D eigenvalue weighted by atomic mass is 10.2.